The normalized spacial score (nSPS) is 22.0. The summed E-state index contributed by atoms with van der Waals surface area (Å²) in [5.74, 6) is 0.172. The van der Waals surface area contributed by atoms with Crippen molar-refractivity contribution >= 4 is 21.7 Å². The lowest BCUT2D eigenvalue weighted by molar-refractivity contribution is 0.270. The number of aryl methyl sites for hydroxylation is 1. The van der Waals surface area contributed by atoms with Crippen molar-refractivity contribution in [2.24, 2.45) is 0 Å². The first-order valence-corrected chi connectivity index (χ1v) is 7.46. The lowest BCUT2D eigenvalue weighted by Crippen LogP contribution is -2.44. The number of aromatic amines is 1. The number of aromatic nitrogens is 2. The molecule has 1 aromatic heterocycles. The molecule has 1 fully saturated rings. The van der Waals surface area contributed by atoms with E-state index in [1.807, 2.05) is 6.92 Å². The number of nitrogens with two attached hydrogens (primary N) is 1. The van der Waals surface area contributed by atoms with E-state index in [1.165, 1.54) is 4.31 Å². The van der Waals surface area contributed by atoms with Crippen molar-refractivity contribution in [2.75, 3.05) is 17.0 Å². The number of hydrogen-bond acceptors (Lipinski definition) is 4. The highest BCUT2D eigenvalue weighted by atomic mass is 32.2. The SMILES string of the molecule is Cc1[nH]nc(NS(=O)(=O)N2CCCCC2C)c1N. The van der Waals surface area contributed by atoms with Gasteiger partial charge < -0.3 is 5.73 Å². The van der Waals surface area contributed by atoms with Crippen LogP contribution in [0.25, 0.3) is 0 Å². The van der Waals surface area contributed by atoms with Gasteiger partial charge in [0, 0.05) is 12.6 Å². The molecule has 102 valence electrons. The Morgan fingerprint density at radius 2 is 2.22 bits per heavy atom. The standard InChI is InChI=1S/C10H19N5O2S/c1-7-5-3-4-6-15(7)18(16,17)14-10-9(11)8(2)12-13-10/h7H,3-6,11H2,1-2H3,(H2,12,13,14). The van der Waals surface area contributed by atoms with Gasteiger partial charge in [-0.25, -0.2) is 0 Å². The lowest BCUT2D eigenvalue weighted by atomic mass is 10.1. The molecule has 0 bridgehead atoms. The van der Waals surface area contributed by atoms with E-state index in [0.717, 1.165) is 19.3 Å². The minimum Gasteiger partial charge on any atom is -0.394 e. The van der Waals surface area contributed by atoms with Crippen molar-refractivity contribution < 1.29 is 8.42 Å². The molecule has 0 amide bonds. The predicted octanol–water partition coefficient (Wildman–Crippen LogP) is 0.831. The molecular formula is C10H19N5O2S. The Morgan fingerprint density at radius 3 is 2.78 bits per heavy atom. The van der Waals surface area contributed by atoms with Crippen molar-refractivity contribution in [3.05, 3.63) is 5.69 Å². The fourth-order valence-electron chi connectivity index (χ4n) is 2.13. The summed E-state index contributed by atoms with van der Waals surface area (Å²) in [6.45, 7) is 4.20. The van der Waals surface area contributed by atoms with Crippen LogP contribution in [-0.4, -0.2) is 35.5 Å². The van der Waals surface area contributed by atoms with Gasteiger partial charge in [-0.1, -0.05) is 6.42 Å². The van der Waals surface area contributed by atoms with Crippen LogP contribution in [-0.2, 0) is 10.2 Å². The summed E-state index contributed by atoms with van der Waals surface area (Å²) in [5, 5.41) is 6.51. The number of hydrogen-bond donors (Lipinski definition) is 3. The monoisotopic (exact) mass is 273 g/mol. The van der Waals surface area contributed by atoms with Gasteiger partial charge in [-0.15, -0.1) is 0 Å². The second-order valence-electron chi connectivity index (χ2n) is 4.67. The number of rotatable bonds is 3. The van der Waals surface area contributed by atoms with Crippen molar-refractivity contribution in [1.82, 2.24) is 14.5 Å². The zero-order valence-electron chi connectivity index (χ0n) is 10.6. The molecule has 1 aliphatic rings. The first-order chi connectivity index (χ1) is 8.42. The van der Waals surface area contributed by atoms with Gasteiger partial charge >= 0.3 is 10.2 Å². The molecule has 1 unspecified atom stereocenters. The first-order valence-electron chi connectivity index (χ1n) is 6.02. The topological polar surface area (TPSA) is 104 Å². The minimum atomic E-state index is -3.57. The molecule has 0 aliphatic carbocycles. The Kier molecular flexibility index (Phi) is 3.49. The van der Waals surface area contributed by atoms with Crippen LogP contribution in [0.1, 0.15) is 31.9 Å². The van der Waals surface area contributed by atoms with Crippen LogP contribution in [0.5, 0.6) is 0 Å². The highest BCUT2D eigenvalue weighted by Gasteiger charge is 2.30. The fraction of sp³-hybridized carbons (Fsp3) is 0.700. The van der Waals surface area contributed by atoms with E-state index < -0.39 is 10.2 Å². The van der Waals surface area contributed by atoms with E-state index in [-0.39, 0.29) is 11.9 Å². The van der Waals surface area contributed by atoms with Crippen LogP contribution >= 0.6 is 0 Å². The average molecular weight is 273 g/mol. The maximum absolute atomic E-state index is 12.2. The van der Waals surface area contributed by atoms with Crippen LogP contribution in [0.4, 0.5) is 11.5 Å². The molecule has 7 nitrogen and oxygen atoms in total. The van der Waals surface area contributed by atoms with Crippen LogP contribution in [0, 0.1) is 6.92 Å². The smallest absolute Gasteiger partial charge is 0.303 e. The molecule has 1 aliphatic heterocycles. The number of nitrogen functional groups attached to an aromatic ring is 1. The van der Waals surface area contributed by atoms with Gasteiger partial charge in [0.2, 0.25) is 0 Å². The zero-order valence-corrected chi connectivity index (χ0v) is 11.4. The second-order valence-corrected chi connectivity index (χ2v) is 6.30. The number of anilines is 2. The molecule has 1 atom stereocenters. The van der Waals surface area contributed by atoms with Gasteiger partial charge in [0.05, 0.1) is 11.4 Å². The van der Waals surface area contributed by atoms with Gasteiger partial charge in [0.25, 0.3) is 0 Å². The quantitative estimate of drug-likeness (QED) is 0.758. The summed E-state index contributed by atoms with van der Waals surface area (Å²) in [5.41, 5.74) is 6.72. The van der Waals surface area contributed by atoms with E-state index in [2.05, 4.69) is 14.9 Å². The van der Waals surface area contributed by atoms with Crippen LogP contribution in [0.2, 0.25) is 0 Å². The third kappa shape index (κ3) is 2.44. The van der Waals surface area contributed by atoms with Gasteiger partial charge in [-0.2, -0.15) is 17.8 Å². The largest absolute Gasteiger partial charge is 0.394 e. The molecule has 0 aromatic carbocycles. The summed E-state index contributed by atoms with van der Waals surface area (Å²) in [6.07, 6.45) is 2.84. The summed E-state index contributed by atoms with van der Waals surface area (Å²) in [6, 6.07) is 0.0116. The van der Waals surface area contributed by atoms with E-state index in [1.54, 1.807) is 6.92 Å². The summed E-state index contributed by atoms with van der Waals surface area (Å²) in [7, 11) is -3.57. The molecule has 1 aromatic rings. The van der Waals surface area contributed by atoms with E-state index in [4.69, 9.17) is 5.73 Å². The van der Waals surface area contributed by atoms with Crippen LogP contribution in [0.3, 0.4) is 0 Å². The molecule has 0 saturated carbocycles. The number of nitrogens with zero attached hydrogens (tertiary/aromatic N) is 2. The highest BCUT2D eigenvalue weighted by molar-refractivity contribution is 7.90. The molecule has 8 heteroatoms. The Bertz CT molecular complexity index is 524. The molecule has 0 radical (unpaired) electrons. The zero-order chi connectivity index (χ0) is 13.3. The van der Waals surface area contributed by atoms with Gasteiger partial charge in [0.1, 0.15) is 0 Å². The third-order valence-electron chi connectivity index (χ3n) is 3.27. The Morgan fingerprint density at radius 1 is 1.50 bits per heavy atom. The average Bonchev–Trinajstić information content (AvgIpc) is 2.61. The van der Waals surface area contributed by atoms with Crippen molar-refractivity contribution in [1.29, 1.82) is 0 Å². The highest BCUT2D eigenvalue weighted by Crippen LogP contribution is 2.24. The number of H-pyrrole nitrogens is 1. The molecule has 4 N–H and O–H groups in total. The first kappa shape index (κ1) is 13.2. The van der Waals surface area contributed by atoms with Gasteiger partial charge in [-0.05, 0) is 26.7 Å². The van der Waals surface area contributed by atoms with Gasteiger partial charge in [0.15, 0.2) is 5.82 Å². The van der Waals surface area contributed by atoms with E-state index in [0.29, 0.717) is 17.9 Å². The summed E-state index contributed by atoms with van der Waals surface area (Å²) >= 11 is 0. The van der Waals surface area contributed by atoms with E-state index >= 15 is 0 Å². The lowest BCUT2D eigenvalue weighted by Gasteiger charge is -2.31. The predicted molar refractivity (Wildman–Crippen MR) is 70.3 cm³/mol. The molecular weight excluding hydrogens is 254 g/mol. The molecule has 0 spiro atoms. The maximum atomic E-state index is 12.2. The maximum Gasteiger partial charge on any atom is 0.303 e. The molecule has 18 heavy (non-hydrogen) atoms. The minimum absolute atomic E-state index is 0.0116. The van der Waals surface area contributed by atoms with E-state index in [9.17, 15) is 8.42 Å². The van der Waals surface area contributed by atoms with Gasteiger partial charge in [-0.3, -0.25) is 9.82 Å². The number of nitrogens with one attached hydrogen (secondary N) is 2. The summed E-state index contributed by atoms with van der Waals surface area (Å²) < 4.78 is 28.4. The molecule has 1 saturated heterocycles. The van der Waals surface area contributed by atoms with Crippen LogP contribution in [0.15, 0.2) is 0 Å². The van der Waals surface area contributed by atoms with Crippen molar-refractivity contribution in [3.63, 3.8) is 0 Å². The molecule has 2 heterocycles. The Labute approximate surface area is 107 Å². The fourth-order valence-corrected chi connectivity index (χ4v) is 3.59. The van der Waals surface area contributed by atoms with Crippen molar-refractivity contribution in [2.45, 2.75) is 39.2 Å². The van der Waals surface area contributed by atoms with Crippen molar-refractivity contribution in [3.8, 4) is 0 Å². The van der Waals surface area contributed by atoms with Crippen LogP contribution < -0.4 is 10.5 Å². The second kappa shape index (κ2) is 4.77. The third-order valence-corrected chi connectivity index (χ3v) is 4.88. The molecule has 2 rings (SSSR count). The number of piperidine rings is 1. The Balaban J connectivity index is 2.19. The summed E-state index contributed by atoms with van der Waals surface area (Å²) in [4.78, 5) is 0. The Hall–Kier alpha value is -1.28.